The molecule has 20 unspecified atom stereocenters. The number of rotatable bonds is 8. The minimum Gasteiger partial charge on any atom is -0.508 e. The normalized spacial score (nSPS) is 49.1. The van der Waals surface area contributed by atoms with Crippen molar-refractivity contribution in [2.45, 2.75) is 190 Å². The first kappa shape index (κ1) is 55.5. The molecule has 1 aromatic rings. The fourth-order valence-corrected chi connectivity index (χ4v) is 24.5. The van der Waals surface area contributed by atoms with Crippen LogP contribution in [0.15, 0.2) is 42.0 Å². The number of hydrogen-bond acceptors (Lipinski definition) is 15. The fourth-order valence-electron chi connectivity index (χ4n) is 21.5. The molecule has 77 heavy (non-hydrogen) atoms. The number of phenols is 1. The van der Waals surface area contributed by atoms with E-state index in [1.165, 1.54) is 10.8 Å². The van der Waals surface area contributed by atoms with Gasteiger partial charge < -0.3 is 60.7 Å². The highest BCUT2D eigenvalue weighted by molar-refractivity contribution is 8.76. The molecular formula is C61H87NO13S2. The number of aryl methyl sites for hydroxylation is 1. The summed E-state index contributed by atoms with van der Waals surface area (Å²) in [6, 6.07) is 5.28. The van der Waals surface area contributed by atoms with Gasteiger partial charge in [-0.3, -0.25) is 9.59 Å². The minimum absolute atomic E-state index is 0.0309. The molecule has 14 rings (SSSR count). The maximum absolute atomic E-state index is 16.3. The lowest BCUT2D eigenvalue weighted by Gasteiger charge is -2.74. The molecular weight excluding hydrogens is 1020 g/mol. The molecule has 6 saturated carbocycles. The number of aliphatic hydroxyl groups excluding tert-OH is 6. The molecule has 20 atom stereocenters. The highest BCUT2D eigenvalue weighted by atomic mass is 33.1. The van der Waals surface area contributed by atoms with Crippen molar-refractivity contribution < 1.29 is 65.4 Å². The number of aliphatic hydroxyl groups is 9. The van der Waals surface area contributed by atoms with Crippen LogP contribution in [0.25, 0.3) is 0 Å². The van der Waals surface area contributed by atoms with E-state index in [1.807, 2.05) is 13.0 Å². The van der Waals surface area contributed by atoms with Gasteiger partial charge in [-0.1, -0.05) is 80.7 Å². The molecule has 5 heterocycles. The fraction of sp³-hybridized carbons (Fsp3) is 0.803. The first-order valence-corrected chi connectivity index (χ1v) is 32.1. The van der Waals surface area contributed by atoms with Crippen molar-refractivity contribution in [1.29, 1.82) is 0 Å². The van der Waals surface area contributed by atoms with Crippen LogP contribution in [-0.2, 0) is 20.7 Å². The molecule has 2 saturated heterocycles. The van der Waals surface area contributed by atoms with Crippen molar-refractivity contribution in [3.05, 3.63) is 47.6 Å². The maximum atomic E-state index is 16.3. The number of allylic oxidation sites excluding steroid dienone is 2. The number of anilines is 1. The van der Waals surface area contributed by atoms with Gasteiger partial charge in [0, 0.05) is 59.4 Å². The van der Waals surface area contributed by atoms with Crippen molar-refractivity contribution >= 4 is 39.0 Å². The van der Waals surface area contributed by atoms with Crippen LogP contribution in [0.4, 0.5) is 5.69 Å². The smallest absolute Gasteiger partial charge is 0.234 e. The number of phenolic OH excluding ortho intramolecular Hbond substituents is 1. The van der Waals surface area contributed by atoms with E-state index < -0.39 is 115 Å². The van der Waals surface area contributed by atoms with E-state index in [2.05, 4.69) is 32.9 Å². The largest absolute Gasteiger partial charge is 0.508 e. The molecule has 16 heteroatoms. The van der Waals surface area contributed by atoms with Crippen LogP contribution in [0.3, 0.4) is 0 Å². The summed E-state index contributed by atoms with van der Waals surface area (Å²) in [7, 11) is 2.50. The lowest BCUT2D eigenvalue weighted by Crippen LogP contribution is -2.79. The Bertz CT molecular complexity index is 2570. The van der Waals surface area contributed by atoms with Gasteiger partial charge in [0.1, 0.15) is 28.5 Å². The Hall–Kier alpha value is -2.06. The summed E-state index contributed by atoms with van der Waals surface area (Å²) >= 11 is 0. The number of ether oxygens (including phenoxy) is 1. The van der Waals surface area contributed by atoms with Crippen molar-refractivity contribution in [3.8, 4) is 5.75 Å². The SMILES string of the molecule is CC(C)C(C)C1OC1C1(O)CC=CC2CC3C4=CC(=O)C5(CC(O)C(O)(CO)C6(CCCC6)C35C)C(O)SSCC3CCCC(CO)C35C(=O)N(CC53CCC(CCCO)C3O)c3cc(O)cc(c3)CCC23C1CCC43O. The number of amides is 1. The molecule has 14 nitrogen and oxygen atoms in total. The molecule has 8 fully saturated rings. The second-order valence-corrected chi connectivity index (χ2v) is 30.0. The molecule has 5 spiro atoms. The number of fused-ring (bicyclic) bond motifs is 1. The van der Waals surface area contributed by atoms with Crippen molar-refractivity contribution in [2.24, 2.45) is 79.8 Å². The summed E-state index contributed by atoms with van der Waals surface area (Å²) in [5.41, 5.74) is -12.7. The monoisotopic (exact) mass is 1110 g/mol. The van der Waals surface area contributed by atoms with Gasteiger partial charge >= 0.3 is 0 Å². The summed E-state index contributed by atoms with van der Waals surface area (Å²) in [5, 5.41) is 125. The Labute approximate surface area is 462 Å². The topological polar surface area (TPSA) is 252 Å². The van der Waals surface area contributed by atoms with E-state index in [9.17, 15) is 51.1 Å². The summed E-state index contributed by atoms with van der Waals surface area (Å²) in [5.74, 6) is -2.64. The lowest BCUT2D eigenvalue weighted by molar-refractivity contribution is -0.309. The van der Waals surface area contributed by atoms with Crippen LogP contribution in [0, 0.1) is 79.8 Å². The summed E-state index contributed by atoms with van der Waals surface area (Å²) in [4.78, 5) is 34.3. The van der Waals surface area contributed by atoms with Gasteiger partial charge in [-0.15, -0.1) is 0 Å². The Balaban J connectivity index is 1.08. The third-order valence-corrected chi connectivity index (χ3v) is 27.9. The van der Waals surface area contributed by atoms with E-state index in [0.29, 0.717) is 112 Å². The third kappa shape index (κ3) is 6.87. The number of carbonyl (C=O) groups is 2. The van der Waals surface area contributed by atoms with E-state index in [-0.39, 0.29) is 74.5 Å². The quantitative estimate of drug-likeness (QED) is 0.0771. The Morgan fingerprint density at radius 1 is 0.909 bits per heavy atom. The van der Waals surface area contributed by atoms with E-state index in [1.54, 1.807) is 23.1 Å². The highest BCUT2D eigenvalue weighted by Crippen LogP contribution is 2.81. The first-order valence-electron chi connectivity index (χ1n) is 29.7. The van der Waals surface area contributed by atoms with E-state index in [0.717, 1.165) is 17.2 Å². The number of hydrogen-bond donors (Lipinski definition) is 10. The van der Waals surface area contributed by atoms with Gasteiger partial charge in [-0.2, -0.15) is 0 Å². The minimum atomic E-state index is -2.06. The second kappa shape index (κ2) is 19.0. The predicted octanol–water partition coefficient (Wildman–Crippen LogP) is 6.37. The molecule has 8 aliphatic carbocycles. The van der Waals surface area contributed by atoms with Crippen molar-refractivity contribution in [1.82, 2.24) is 0 Å². The number of carbonyl (C=O) groups excluding carboxylic acids is 2. The van der Waals surface area contributed by atoms with Crippen molar-refractivity contribution in [2.75, 3.05) is 37.0 Å². The summed E-state index contributed by atoms with van der Waals surface area (Å²) < 4.78 is 6.57. The molecule has 8 bridgehead atoms. The predicted molar refractivity (Wildman–Crippen MR) is 293 cm³/mol. The van der Waals surface area contributed by atoms with Gasteiger partial charge in [0.25, 0.3) is 0 Å². The van der Waals surface area contributed by atoms with Gasteiger partial charge in [-0.25, -0.2) is 0 Å². The molecule has 1 amide bonds. The summed E-state index contributed by atoms with van der Waals surface area (Å²) in [6.45, 7) is 7.55. The number of nitrogens with zero attached hydrogens (tertiary/aromatic N) is 1. The van der Waals surface area contributed by atoms with E-state index in [4.69, 9.17) is 4.74 Å². The first-order chi connectivity index (χ1) is 36.6. The number of epoxide rings is 1. The Morgan fingerprint density at radius 2 is 1.68 bits per heavy atom. The zero-order chi connectivity index (χ0) is 54.7. The molecule has 0 aromatic heterocycles. The molecule has 10 N–H and O–H groups in total. The number of aromatic hydroxyl groups is 1. The van der Waals surface area contributed by atoms with Crippen LogP contribution in [0.2, 0.25) is 0 Å². The van der Waals surface area contributed by atoms with Crippen LogP contribution in [0.5, 0.6) is 5.75 Å². The van der Waals surface area contributed by atoms with Crippen LogP contribution < -0.4 is 4.90 Å². The number of ketones is 1. The standard InChI is InChI=1S/C61H87NO13S2/c1-34(2)35(3)48-50(75-48)58(72)19-8-13-38-26-43-44-28-46(67)57(29-47(68)60(74,33-65)55(53(43,57)4)17-5-6-18-55)52(71)77-76-31-40-12-7-11-39(30-64)61(40)51(70)62(32-54(61)20-15-37(49(54)69)10-9-23-63)41-24-36(25-42(66)27-41)14-21-56(38)45(58)16-22-59(44,56)73/h8,13,24-25,27-28,34-35,37-40,43,45,47-50,52,63-66,68-69,71-74H,5-7,9-12,14-23,26,29-33H2,1-4H3. The molecule has 5 aliphatic heterocycles. The second-order valence-electron chi connectivity index (χ2n) is 27.5. The lowest BCUT2D eigenvalue weighted by atomic mass is 9.31. The zero-order valence-corrected chi connectivity index (χ0v) is 47.3. The third-order valence-electron chi connectivity index (χ3n) is 25.3. The molecule has 0 radical (unpaired) electrons. The number of benzene rings is 1. The zero-order valence-electron chi connectivity index (χ0n) is 45.7. The average Bonchev–Trinajstić information content (AvgIpc) is 3.73. The van der Waals surface area contributed by atoms with E-state index >= 15 is 9.59 Å². The highest BCUT2D eigenvalue weighted by Gasteiger charge is 2.84. The molecule has 13 aliphatic rings. The van der Waals surface area contributed by atoms with Crippen LogP contribution >= 0.6 is 21.6 Å². The van der Waals surface area contributed by atoms with Crippen LogP contribution in [-0.4, -0.2) is 142 Å². The van der Waals surface area contributed by atoms with Crippen molar-refractivity contribution in [3.63, 3.8) is 0 Å². The molecule has 1 aromatic carbocycles. The van der Waals surface area contributed by atoms with Gasteiger partial charge in [0.15, 0.2) is 5.78 Å². The maximum Gasteiger partial charge on any atom is 0.234 e. The summed E-state index contributed by atoms with van der Waals surface area (Å²) in [6.07, 6.45) is 10.3. The average molecular weight is 1110 g/mol. The Morgan fingerprint density at radius 3 is 2.39 bits per heavy atom. The Kier molecular flexibility index (Phi) is 13.7. The van der Waals surface area contributed by atoms with Gasteiger partial charge in [0.2, 0.25) is 5.91 Å². The molecule has 426 valence electrons. The van der Waals surface area contributed by atoms with Gasteiger partial charge in [0.05, 0.1) is 41.3 Å². The van der Waals surface area contributed by atoms with Gasteiger partial charge in [-0.05, 0) is 172 Å². The van der Waals surface area contributed by atoms with Crippen LogP contribution in [0.1, 0.15) is 142 Å².